The number of phenols is 1. The minimum absolute atomic E-state index is 0.0683. The van der Waals surface area contributed by atoms with Crippen molar-refractivity contribution in [1.29, 1.82) is 0 Å². The van der Waals surface area contributed by atoms with E-state index in [1.807, 2.05) is 20.8 Å². The van der Waals surface area contributed by atoms with Crippen LogP contribution in [0.5, 0.6) is 5.75 Å². The molecule has 0 saturated heterocycles. The van der Waals surface area contributed by atoms with Gasteiger partial charge in [-0.05, 0) is 56.8 Å². The highest BCUT2D eigenvalue weighted by molar-refractivity contribution is 6.32. The maximum atomic E-state index is 14.4. The van der Waals surface area contributed by atoms with Gasteiger partial charge in [0.15, 0.2) is 40.8 Å². The monoisotopic (exact) mass is 670 g/mol. The van der Waals surface area contributed by atoms with E-state index in [2.05, 4.69) is 0 Å². The molecule has 3 aliphatic carbocycles. The van der Waals surface area contributed by atoms with E-state index in [-0.39, 0.29) is 37.1 Å². The number of ketones is 4. The Kier molecular flexibility index (Phi) is 9.70. The number of carbonyl (C=O) groups excluding carboxylic acids is 7. The largest absolute Gasteiger partial charge is 0.507 e. The van der Waals surface area contributed by atoms with Crippen LogP contribution in [0.15, 0.2) is 6.07 Å². The van der Waals surface area contributed by atoms with Crippen LogP contribution in [0, 0.1) is 29.1 Å². The van der Waals surface area contributed by atoms with Gasteiger partial charge >= 0.3 is 5.97 Å². The summed E-state index contributed by atoms with van der Waals surface area (Å²) in [4.78, 5) is 97.5. The SMILES string of the molecule is CC(=O)OC(C)C(=O)N(Cc1cc(N(C)C)c2c(c1O)C(=O)C1C(=O)[C@]3(O)C(=O)C(C(N)=O)C(=O)[C@H](N(C)C)[C@@H]3C[C@@H]1C2)CC(C)(C)C. The Bertz CT molecular complexity index is 1590. The van der Waals surface area contributed by atoms with Crippen molar-refractivity contribution in [2.75, 3.05) is 39.6 Å². The number of carbonyl (C=O) groups is 7. The van der Waals surface area contributed by atoms with Gasteiger partial charge in [0.05, 0.1) is 17.5 Å². The minimum atomic E-state index is -2.84. The smallest absolute Gasteiger partial charge is 0.303 e. The topological polar surface area (TPSA) is 205 Å². The number of phenolic OH excluding ortho intramolecular Hbond substituents is 1. The molecule has 3 unspecified atom stereocenters. The molecule has 14 nitrogen and oxygen atoms in total. The first-order valence-electron chi connectivity index (χ1n) is 15.9. The molecule has 48 heavy (non-hydrogen) atoms. The molecule has 0 aromatic heterocycles. The van der Waals surface area contributed by atoms with Crippen LogP contribution in [0.25, 0.3) is 0 Å². The van der Waals surface area contributed by atoms with Gasteiger partial charge in [-0.1, -0.05) is 20.8 Å². The molecule has 262 valence electrons. The normalized spacial score (nSPS) is 27.5. The Balaban J connectivity index is 1.85. The molecule has 2 fully saturated rings. The predicted octanol–water partition coefficient (Wildman–Crippen LogP) is 0.259. The third kappa shape index (κ3) is 6.11. The number of ether oxygens (including phenoxy) is 1. The van der Waals surface area contributed by atoms with E-state index in [4.69, 9.17) is 10.5 Å². The number of nitrogens with zero attached hydrogens (tertiary/aromatic N) is 3. The number of aliphatic hydroxyl groups is 1. The van der Waals surface area contributed by atoms with Crippen molar-refractivity contribution < 1.29 is 48.5 Å². The van der Waals surface area contributed by atoms with E-state index in [1.165, 1.54) is 37.7 Å². The van der Waals surface area contributed by atoms with E-state index in [0.29, 0.717) is 11.3 Å². The van der Waals surface area contributed by atoms with Crippen LogP contribution in [0.2, 0.25) is 0 Å². The molecule has 7 atom stereocenters. The lowest BCUT2D eigenvalue weighted by Gasteiger charge is -2.52. The predicted molar refractivity (Wildman–Crippen MR) is 172 cm³/mol. The number of hydrogen-bond donors (Lipinski definition) is 3. The lowest BCUT2D eigenvalue weighted by molar-refractivity contribution is -0.181. The summed E-state index contributed by atoms with van der Waals surface area (Å²) in [6.45, 7) is 8.37. The maximum absolute atomic E-state index is 14.4. The van der Waals surface area contributed by atoms with Crippen LogP contribution >= 0.6 is 0 Å². The summed E-state index contributed by atoms with van der Waals surface area (Å²) in [5, 5.41) is 23.6. The van der Waals surface area contributed by atoms with Crippen LogP contribution in [0.4, 0.5) is 5.69 Å². The van der Waals surface area contributed by atoms with Gasteiger partial charge in [0.1, 0.15) is 5.75 Å². The van der Waals surface area contributed by atoms with E-state index < -0.39 is 93.5 Å². The molecular weight excluding hydrogens is 624 g/mol. The number of likely N-dealkylation sites (N-methyl/N-ethyl adjacent to an activating group) is 1. The standard InChI is InChI=1S/C34H46N4O10/c1-15(48-16(2)39)32(46)38(14-33(3,4)5)13-18-12-21(36(6)7)19-10-17-11-20-25(37(8)9)28(42)24(31(35)45)30(44)34(20,47)29(43)22(17)27(41)23(19)26(18)40/h12,15,17,20,22,24-25,40,47H,10-11,13-14H2,1-9H3,(H2,35,45)/t15?,17-,20-,22?,24?,25+,34-/m0/s1. The molecule has 0 aliphatic heterocycles. The molecular formula is C34H46N4O10. The van der Waals surface area contributed by atoms with Gasteiger partial charge in [-0.2, -0.15) is 0 Å². The second-order valence-electron chi connectivity index (χ2n) is 14.9. The first-order chi connectivity index (χ1) is 22.0. The van der Waals surface area contributed by atoms with Crippen molar-refractivity contribution in [3.63, 3.8) is 0 Å². The minimum Gasteiger partial charge on any atom is -0.507 e. The van der Waals surface area contributed by atoms with Crippen LogP contribution in [0.1, 0.15) is 62.5 Å². The second-order valence-corrected chi connectivity index (χ2v) is 14.9. The molecule has 14 heteroatoms. The quantitative estimate of drug-likeness (QED) is 0.252. The van der Waals surface area contributed by atoms with Gasteiger partial charge in [-0.15, -0.1) is 0 Å². The Morgan fingerprint density at radius 3 is 2.19 bits per heavy atom. The number of benzene rings is 1. The maximum Gasteiger partial charge on any atom is 0.303 e. The van der Waals surface area contributed by atoms with E-state index in [0.717, 1.165) is 0 Å². The number of anilines is 1. The third-order valence-electron chi connectivity index (χ3n) is 9.63. The number of hydrogen-bond acceptors (Lipinski definition) is 12. The summed E-state index contributed by atoms with van der Waals surface area (Å²) in [5.74, 6) is -12.6. The van der Waals surface area contributed by atoms with Crippen LogP contribution in [-0.2, 0) is 46.5 Å². The highest BCUT2D eigenvalue weighted by Crippen LogP contribution is 2.52. The number of fused-ring (bicyclic) bond motifs is 3. The van der Waals surface area contributed by atoms with Gasteiger partial charge in [0.2, 0.25) is 5.91 Å². The molecule has 2 amide bonds. The molecule has 0 heterocycles. The molecule has 4 rings (SSSR count). The second kappa shape index (κ2) is 12.7. The molecule has 1 aromatic carbocycles. The number of amides is 2. The fourth-order valence-corrected chi connectivity index (χ4v) is 7.77. The highest BCUT2D eigenvalue weighted by Gasteiger charge is 2.69. The fourth-order valence-electron chi connectivity index (χ4n) is 7.77. The highest BCUT2D eigenvalue weighted by atomic mass is 16.5. The lowest BCUT2D eigenvalue weighted by Crippen LogP contribution is -2.74. The number of primary amides is 1. The zero-order valence-electron chi connectivity index (χ0n) is 28.9. The van der Waals surface area contributed by atoms with Gasteiger partial charge in [-0.3, -0.25) is 38.5 Å². The molecule has 3 aliphatic rings. The average molecular weight is 671 g/mol. The number of esters is 1. The van der Waals surface area contributed by atoms with Crippen molar-refractivity contribution >= 4 is 46.6 Å². The summed E-state index contributed by atoms with van der Waals surface area (Å²) < 4.78 is 5.13. The van der Waals surface area contributed by atoms with Crippen molar-refractivity contribution in [1.82, 2.24) is 9.80 Å². The molecule has 0 bridgehead atoms. The third-order valence-corrected chi connectivity index (χ3v) is 9.63. The zero-order valence-corrected chi connectivity index (χ0v) is 28.9. The lowest BCUT2D eigenvalue weighted by atomic mass is 9.52. The van der Waals surface area contributed by atoms with E-state index in [1.54, 1.807) is 25.1 Å². The number of nitrogens with two attached hydrogens (primary N) is 1. The van der Waals surface area contributed by atoms with Gasteiger partial charge < -0.3 is 30.5 Å². The zero-order chi connectivity index (χ0) is 36.4. The molecule has 0 spiro atoms. The summed E-state index contributed by atoms with van der Waals surface area (Å²) >= 11 is 0. The summed E-state index contributed by atoms with van der Waals surface area (Å²) in [5.41, 5.74) is 3.17. The van der Waals surface area contributed by atoms with Crippen molar-refractivity contribution in [3.05, 3.63) is 22.8 Å². The molecule has 4 N–H and O–H groups in total. The Morgan fingerprint density at radius 1 is 1.08 bits per heavy atom. The van der Waals surface area contributed by atoms with Crippen molar-refractivity contribution in [2.45, 2.75) is 71.8 Å². The number of Topliss-reactive ketones (excluding diaryl/α,β-unsaturated/α-hetero) is 4. The van der Waals surface area contributed by atoms with Crippen LogP contribution < -0.4 is 10.6 Å². The van der Waals surface area contributed by atoms with Crippen LogP contribution in [0.3, 0.4) is 0 Å². The van der Waals surface area contributed by atoms with Crippen molar-refractivity contribution in [2.24, 2.45) is 34.8 Å². The van der Waals surface area contributed by atoms with Crippen LogP contribution in [-0.4, -0.2) is 113 Å². The Hall–Kier alpha value is -4.17. The van der Waals surface area contributed by atoms with E-state index >= 15 is 0 Å². The molecule has 0 radical (unpaired) electrons. The number of aromatic hydroxyl groups is 1. The average Bonchev–Trinajstić information content (AvgIpc) is 2.93. The Morgan fingerprint density at radius 2 is 1.69 bits per heavy atom. The first-order valence-corrected chi connectivity index (χ1v) is 15.9. The number of rotatable bonds is 8. The fraction of sp³-hybridized carbons (Fsp3) is 0.618. The van der Waals surface area contributed by atoms with Gasteiger partial charge in [0, 0.05) is 51.3 Å². The van der Waals surface area contributed by atoms with E-state index in [9.17, 15) is 43.8 Å². The molecule has 2 saturated carbocycles. The summed E-state index contributed by atoms with van der Waals surface area (Å²) in [7, 11) is 6.53. The van der Waals surface area contributed by atoms with Gasteiger partial charge in [0.25, 0.3) is 5.91 Å². The Labute approximate surface area is 279 Å². The summed E-state index contributed by atoms with van der Waals surface area (Å²) in [6, 6.07) is 0.465. The van der Waals surface area contributed by atoms with Crippen molar-refractivity contribution in [3.8, 4) is 5.75 Å². The summed E-state index contributed by atoms with van der Waals surface area (Å²) in [6.07, 6.45) is -1.09. The van der Waals surface area contributed by atoms with Gasteiger partial charge in [-0.25, -0.2) is 0 Å². The first kappa shape index (κ1) is 36.7. The molecule has 1 aromatic rings.